The fraction of sp³-hybridized carbons (Fsp3) is 0.250. The fourth-order valence-corrected chi connectivity index (χ4v) is 4.54. The maximum atomic E-state index is 13.1. The highest BCUT2D eigenvalue weighted by Crippen LogP contribution is 2.33. The molecule has 0 atom stereocenters. The topological polar surface area (TPSA) is 85.9 Å². The Morgan fingerprint density at radius 2 is 2.10 bits per heavy atom. The molecule has 0 saturated carbocycles. The average Bonchev–Trinajstić information content (AvgIpc) is 3.36. The summed E-state index contributed by atoms with van der Waals surface area (Å²) in [4.78, 5) is 36.2. The van der Waals surface area contributed by atoms with E-state index in [1.54, 1.807) is 30.1 Å². The number of aryl methyl sites for hydroxylation is 1. The number of fused-ring (bicyclic) bond motifs is 1. The summed E-state index contributed by atoms with van der Waals surface area (Å²) in [5.41, 5.74) is 1.56. The van der Waals surface area contributed by atoms with Crippen LogP contribution in [0.5, 0.6) is 0 Å². The van der Waals surface area contributed by atoms with Gasteiger partial charge < -0.3 is 0 Å². The van der Waals surface area contributed by atoms with Gasteiger partial charge in [0, 0.05) is 29.6 Å². The first-order valence-corrected chi connectivity index (χ1v) is 11.1. The highest BCUT2D eigenvalue weighted by atomic mass is 35.5. The van der Waals surface area contributed by atoms with Gasteiger partial charge in [0.1, 0.15) is 18.3 Å². The minimum absolute atomic E-state index is 0.146. The number of carbonyl (C=O) groups is 1. The van der Waals surface area contributed by atoms with Crippen molar-refractivity contribution in [1.29, 1.82) is 0 Å². The van der Waals surface area contributed by atoms with Crippen LogP contribution in [0.4, 0.5) is 5.13 Å². The lowest BCUT2D eigenvalue weighted by Gasteiger charge is -2.19. The smallest absolute Gasteiger partial charge is 0.264 e. The Balaban J connectivity index is 1.62. The van der Waals surface area contributed by atoms with E-state index >= 15 is 0 Å². The van der Waals surface area contributed by atoms with E-state index in [1.165, 1.54) is 33.1 Å². The number of anilines is 1. The van der Waals surface area contributed by atoms with Gasteiger partial charge in [0.25, 0.3) is 5.56 Å². The Morgan fingerprint density at radius 1 is 1.29 bits per heavy atom. The largest absolute Gasteiger partial charge is 0.289 e. The van der Waals surface area contributed by atoms with Crippen molar-refractivity contribution in [2.75, 3.05) is 11.4 Å². The van der Waals surface area contributed by atoms with Gasteiger partial charge in [0.15, 0.2) is 10.8 Å². The summed E-state index contributed by atoms with van der Waals surface area (Å²) < 4.78 is 2.81. The average molecular weight is 477 g/mol. The lowest BCUT2D eigenvalue weighted by molar-refractivity contribution is -0.119. The number of carbonyl (C=O) groups excluding carboxylic acids is 1. The molecule has 11 heteroatoms. The molecule has 0 radical (unpaired) electrons. The summed E-state index contributed by atoms with van der Waals surface area (Å²) in [7, 11) is 1.71. The number of amides is 1. The van der Waals surface area contributed by atoms with E-state index in [-0.39, 0.29) is 18.0 Å². The van der Waals surface area contributed by atoms with E-state index in [0.717, 1.165) is 12.0 Å². The highest BCUT2D eigenvalue weighted by Gasteiger charge is 2.21. The van der Waals surface area contributed by atoms with Crippen LogP contribution in [0, 0.1) is 0 Å². The maximum Gasteiger partial charge on any atom is 0.264 e. The molecule has 4 rings (SSSR count). The van der Waals surface area contributed by atoms with Gasteiger partial charge in [-0.3, -0.25) is 23.7 Å². The molecule has 0 N–H and O–H groups in total. The van der Waals surface area contributed by atoms with Crippen molar-refractivity contribution in [3.8, 4) is 11.3 Å². The van der Waals surface area contributed by atoms with Crippen molar-refractivity contribution in [1.82, 2.24) is 24.3 Å². The zero-order valence-corrected chi connectivity index (χ0v) is 19.1. The van der Waals surface area contributed by atoms with Crippen molar-refractivity contribution in [2.45, 2.75) is 19.9 Å². The predicted octanol–water partition coefficient (Wildman–Crippen LogP) is 4.00. The lowest BCUT2D eigenvalue weighted by Crippen LogP contribution is -2.37. The minimum Gasteiger partial charge on any atom is -0.289 e. The molecule has 8 nitrogen and oxygen atoms in total. The van der Waals surface area contributed by atoms with Crippen LogP contribution in [0.3, 0.4) is 0 Å². The van der Waals surface area contributed by atoms with Crippen LogP contribution in [-0.4, -0.2) is 36.8 Å². The number of thiazole rings is 1. The molecule has 0 aliphatic carbocycles. The van der Waals surface area contributed by atoms with Crippen molar-refractivity contribution >= 4 is 56.6 Å². The predicted molar refractivity (Wildman–Crippen MR) is 123 cm³/mol. The zero-order valence-electron chi connectivity index (χ0n) is 16.7. The molecule has 1 amide bonds. The molecular formula is C20H18Cl2N6O2S. The van der Waals surface area contributed by atoms with Crippen molar-refractivity contribution in [2.24, 2.45) is 7.05 Å². The van der Waals surface area contributed by atoms with Crippen molar-refractivity contribution in [3.63, 3.8) is 0 Å². The first kappa shape index (κ1) is 21.5. The van der Waals surface area contributed by atoms with Gasteiger partial charge in [0.2, 0.25) is 5.91 Å². The molecule has 4 aromatic rings. The Hall–Kier alpha value is -2.75. The van der Waals surface area contributed by atoms with Crippen LogP contribution < -0.4 is 10.5 Å². The van der Waals surface area contributed by atoms with E-state index in [1.807, 2.05) is 12.3 Å². The van der Waals surface area contributed by atoms with Crippen LogP contribution in [0.25, 0.3) is 22.3 Å². The fourth-order valence-electron chi connectivity index (χ4n) is 3.17. The second kappa shape index (κ2) is 8.78. The third kappa shape index (κ3) is 4.21. The number of benzene rings is 1. The SMILES string of the molecule is CCCN(C(=O)Cn1cnc2c(cnn2C)c1=O)c1nc(-c2ccc(Cl)cc2Cl)cs1. The van der Waals surface area contributed by atoms with Crippen LogP contribution >= 0.6 is 34.5 Å². The van der Waals surface area contributed by atoms with Crippen LogP contribution in [0.2, 0.25) is 10.0 Å². The van der Waals surface area contributed by atoms with Gasteiger partial charge in [0.05, 0.1) is 16.9 Å². The number of hydrogen-bond donors (Lipinski definition) is 0. The van der Waals surface area contributed by atoms with Crippen molar-refractivity contribution < 1.29 is 4.79 Å². The molecule has 0 spiro atoms. The van der Waals surface area contributed by atoms with E-state index < -0.39 is 0 Å². The molecule has 31 heavy (non-hydrogen) atoms. The normalized spacial score (nSPS) is 11.2. The van der Waals surface area contributed by atoms with E-state index in [0.29, 0.717) is 38.4 Å². The van der Waals surface area contributed by atoms with Crippen LogP contribution in [0.15, 0.2) is 40.9 Å². The zero-order chi connectivity index (χ0) is 22.1. The number of aromatic nitrogens is 5. The molecule has 0 aliphatic heterocycles. The molecule has 3 aromatic heterocycles. The second-order valence-corrected chi connectivity index (χ2v) is 8.55. The Labute approximate surface area is 191 Å². The molecule has 0 saturated heterocycles. The molecule has 0 bridgehead atoms. The number of nitrogens with zero attached hydrogens (tertiary/aromatic N) is 6. The molecule has 0 aliphatic rings. The van der Waals surface area contributed by atoms with Crippen LogP contribution in [-0.2, 0) is 18.4 Å². The highest BCUT2D eigenvalue weighted by molar-refractivity contribution is 7.14. The van der Waals surface area contributed by atoms with Gasteiger partial charge in [-0.25, -0.2) is 9.97 Å². The van der Waals surface area contributed by atoms with E-state index in [2.05, 4.69) is 15.1 Å². The Kier molecular flexibility index (Phi) is 6.08. The Morgan fingerprint density at radius 3 is 2.84 bits per heavy atom. The molecule has 1 aromatic carbocycles. The standard InChI is InChI=1S/C20H18Cl2N6O2S/c1-3-6-28(20-25-16(10-31-20)13-5-4-12(21)7-15(13)22)17(29)9-27-11-23-18-14(19(27)30)8-24-26(18)2/h4-5,7-8,10-11H,3,6,9H2,1-2H3. The second-order valence-electron chi connectivity index (χ2n) is 6.87. The third-order valence-corrected chi connectivity index (χ3v) is 6.11. The van der Waals surface area contributed by atoms with Gasteiger partial charge in [-0.05, 0) is 24.6 Å². The summed E-state index contributed by atoms with van der Waals surface area (Å²) in [6, 6.07) is 5.19. The molecule has 3 heterocycles. The maximum absolute atomic E-state index is 13.1. The third-order valence-electron chi connectivity index (χ3n) is 4.70. The van der Waals surface area contributed by atoms with Crippen LogP contribution in [0.1, 0.15) is 13.3 Å². The monoisotopic (exact) mass is 476 g/mol. The number of halogens is 2. The van der Waals surface area contributed by atoms with Gasteiger partial charge in [-0.2, -0.15) is 5.10 Å². The summed E-state index contributed by atoms with van der Waals surface area (Å²) >= 11 is 13.6. The van der Waals surface area contributed by atoms with Crippen molar-refractivity contribution in [3.05, 3.63) is 56.5 Å². The first-order chi connectivity index (χ1) is 14.9. The number of hydrogen-bond acceptors (Lipinski definition) is 6. The van der Waals surface area contributed by atoms with Gasteiger partial charge >= 0.3 is 0 Å². The lowest BCUT2D eigenvalue weighted by atomic mass is 10.2. The summed E-state index contributed by atoms with van der Waals surface area (Å²) in [5, 5.41) is 7.83. The molecular weight excluding hydrogens is 459 g/mol. The molecule has 0 unspecified atom stereocenters. The van der Waals surface area contributed by atoms with E-state index in [9.17, 15) is 9.59 Å². The first-order valence-electron chi connectivity index (χ1n) is 9.47. The summed E-state index contributed by atoms with van der Waals surface area (Å²) in [6.07, 6.45) is 3.56. The molecule has 0 fully saturated rings. The summed E-state index contributed by atoms with van der Waals surface area (Å²) in [6.45, 7) is 2.30. The quantitative estimate of drug-likeness (QED) is 0.419. The van der Waals surface area contributed by atoms with E-state index in [4.69, 9.17) is 23.2 Å². The van der Waals surface area contributed by atoms with Gasteiger partial charge in [-0.1, -0.05) is 30.1 Å². The molecule has 160 valence electrons. The summed E-state index contributed by atoms with van der Waals surface area (Å²) in [5.74, 6) is -0.253. The Bertz CT molecular complexity index is 1330. The minimum atomic E-state index is -0.310. The number of rotatable bonds is 6. The van der Waals surface area contributed by atoms with Gasteiger partial charge in [-0.15, -0.1) is 11.3 Å².